The van der Waals surface area contributed by atoms with E-state index < -0.39 is 5.60 Å². The van der Waals surface area contributed by atoms with Crippen LogP contribution in [0, 0.1) is 29.6 Å². The standard InChI is InChI=1S/C17H29NO2/c1-3-4-17(2,20)10-18-16(19)15-13-6-11-5-12(8-13)9-14(15)7-11/h11-15,20H,3-10H2,1-2H3,(H,18,19). The van der Waals surface area contributed by atoms with Gasteiger partial charge in [-0.1, -0.05) is 13.3 Å². The third-order valence-corrected chi connectivity index (χ3v) is 5.96. The lowest BCUT2D eigenvalue weighted by molar-refractivity contribution is -0.139. The molecule has 3 nitrogen and oxygen atoms in total. The molecule has 0 aromatic rings. The van der Waals surface area contributed by atoms with Crippen LogP contribution in [-0.2, 0) is 4.79 Å². The molecule has 0 aromatic carbocycles. The highest BCUT2D eigenvalue weighted by Crippen LogP contribution is 2.56. The number of carbonyl (C=O) groups excluding carboxylic acids is 1. The lowest BCUT2D eigenvalue weighted by Gasteiger charge is -2.53. The second-order valence-electron chi connectivity index (χ2n) is 7.92. The summed E-state index contributed by atoms with van der Waals surface area (Å²) < 4.78 is 0. The fourth-order valence-corrected chi connectivity index (χ4v) is 5.38. The number of aliphatic hydroxyl groups is 1. The second-order valence-corrected chi connectivity index (χ2v) is 7.92. The van der Waals surface area contributed by atoms with Gasteiger partial charge in [-0.25, -0.2) is 0 Å². The van der Waals surface area contributed by atoms with E-state index in [1.165, 1.54) is 32.1 Å². The number of hydrogen-bond donors (Lipinski definition) is 2. The van der Waals surface area contributed by atoms with Crippen LogP contribution in [0.1, 0.15) is 58.8 Å². The minimum Gasteiger partial charge on any atom is -0.388 e. The molecular weight excluding hydrogens is 250 g/mol. The molecular formula is C17H29NO2. The van der Waals surface area contributed by atoms with Crippen molar-refractivity contribution in [1.29, 1.82) is 0 Å². The van der Waals surface area contributed by atoms with Crippen molar-refractivity contribution in [3.8, 4) is 0 Å². The van der Waals surface area contributed by atoms with Gasteiger partial charge in [0, 0.05) is 12.5 Å². The summed E-state index contributed by atoms with van der Waals surface area (Å²) in [6, 6.07) is 0. The van der Waals surface area contributed by atoms with Crippen LogP contribution >= 0.6 is 0 Å². The van der Waals surface area contributed by atoms with Gasteiger partial charge < -0.3 is 10.4 Å². The molecule has 2 N–H and O–H groups in total. The predicted molar refractivity (Wildman–Crippen MR) is 79.1 cm³/mol. The molecule has 4 saturated carbocycles. The van der Waals surface area contributed by atoms with Crippen molar-refractivity contribution in [3.63, 3.8) is 0 Å². The maximum absolute atomic E-state index is 12.6. The summed E-state index contributed by atoms with van der Waals surface area (Å²) in [6.07, 6.45) is 8.21. The van der Waals surface area contributed by atoms with E-state index in [2.05, 4.69) is 12.2 Å². The van der Waals surface area contributed by atoms with Gasteiger partial charge in [-0.15, -0.1) is 0 Å². The molecule has 3 heteroatoms. The molecule has 0 heterocycles. The number of amides is 1. The average molecular weight is 279 g/mol. The number of hydrogen-bond acceptors (Lipinski definition) is 2. The summed E-state index contributed by atoms with van der Waals surface area (Å²) >= 11 is 0. The Bertz CT molecular complexity index is 349. The minimum atomic E-state index is -0.754. The molecule has 20 heavy (non-hydrogen) atoms. The Morgan fingerprint density at radius 3 is 2.20 bits per heavy atom. The quantitative estimate of drug-likeness (QED) is 0.813. The third kappa shape index (κ3) is 2.74. The normalized spacial score (nSPS) is 41.5. The van der Waals surface area contributed by atoms with Crippen molar-refractivity contribution < 1.29 is 9.90 Å². The first kappa shape index (κ1) is 14.4. The first-order valence-corrected chi connectivity index (χ1v) is 8.48. The highest BCUT2D eigenvalue weighted by molar-refractivity contribution is 5.79. The monoisotopic (exact) mass is 279 g/mol. The van der Waals surface area contributed by atoms with E-state index >= 15 is 0 Å². The van der Waals surface area contributed by atoms with Gasteiger partial charge in [0.05, 0.1) is 5.60 Å². The first-order valence-electron chi connectivity index (χ1n) is 8.48. The zero-order valence-electron chi connectivity index (χ0n) is 12.9. The highest BCUT2D eigenvalue weighted by Gasteiger charge is 2.50. The molecule has 0 aliphatic heterocycles. The van der Waals surface area contributed by atoms with Gasteiger partial charge in [-0.3, -0.25) is 4.79 Å². The number of rotatable bonds is 5. The van der Waals surface area contributed by atoms with Crippen LogP contribution in [0.5, 0.6) is 0 Å². The van der Waals surface area contributed by atoms with Crippen LogP contribution in [0.4, 0.5) is 0 Å². The topological polar surface area (TPSA) is 49.3 Å². The van der Waals surface area contributed by atoms with Gasteiger partial charge in [0.1, 0.15) is 0 Å². The number of carbonyl (C=O) groups is 1. The van der Waals surface area contributed by atoms with Crippen LogP contribution in [-0.4, -0.2) is 23.2 Å². The smallest absolute Gasteiger partial charge is 0.223 e. The minimum absolute atomic E-state index is 0.218. The molecule has 114 valence electrons. The lowest BCUT2D eigenvalue weighted by atomic mass is 9.51. The van der Waals surface area contributed by atoms with Crippen molar-refractivity contribution in [2.45, 2.75) is 64.4 Å². The second kappa shape index (κ2) is 5.32. The molecule has 1 unspecified atom stereocenters. The van der Waals surface area contributed by atoms with Gasteiger partial charge in [-0.2, -0.15) is 0 Å². The van der Waals surface area contributed by atoms with Crippen molar-refractivity contribution in [3.05, 3.63) is 0 Å². The molecule has 1 amide bonds. The SMILES string of the molecule is CCCC(C)(O)CNC(=O)C1C2CC3CC(C2)CC1C3. The van der Waals surface area contributed by atoms with Gasteiger partial charge in [0.2, 0.25) is 5.91 Å². The molecule has 0 radical (unpaired) electrons. The summed E-state index contributed by atoms with van der Waals surface area (Å²) in [6.45, 7) is 4.30. The maximum Gasteiger partial charge on any atom is 0.223 e. The molecule has 1 atom stereocenters. The Morgan fingerprint density at radius 2 is 1.70 bits per heavy atom. The summed E-state index contributed by atoms with van der Waals surface area (Å²) in [4.78, 5) is 12.6. The van der Waals surface area contributed by atoms with E-state index in [0.717, 1.165) is 24.7 Å². The van der Waals surface area contributed by atoms with E-state index in [1.54, 1.807) is 0 Å². The van der Waals surface area contributed by atoms with Crippen molar-refractivity contribution in [1.82, 2.24) is 5.32 Å². The van der Waals surface area contributed by atoms with E-state index in [4.69, 9.17) is 0 Å². The van der Waals surface area contributed by atoms with E-state index in [1.807, 2.05) is 6.92 Å². The van der Waals surface area contributed by atoms with Gasteiger partial charge in [0.25, 0.3) is 0 Å². The Hall–Kier alpha value is -0.570. The van der Waals surface area contributed by atoms with Crippen LogP contribution in [0.3, 0.4) is 0 Å². The number of nitrogens with one attached hydrogen (secondary N) is 1. The molecule has 4 aliphatic carbocycles. The van der Waals surface area contributed by atoms with Crippen LogP contribution in [0.2, 0.25) is 0 Å². The lowest BCUT2D eigenvalue weighted by Crippen LogP contribution is -2.52. The molecule has 0 saturated heterocycles. The van der Waals surface area contributed by atoms with E-state index in [0.29, 0.717) is 18.4 Å². The maximum atomic E-state index is 12.6. The fourth-order valence-electron chi connectivity index (χ4n) is 5.38. The Balaban J connectivity index is 1.58. The van der Waals surface area contributed by atoms with Gasteiger partial charge in [-0.05, 0) is 69.1 Å². The average Bonchev–Trinajstić information content (AvgIpc) is 2.35. The third-order valence-electron chi connectivity index (χ3n) is 5.96. The molecule has 4 fully saturated rings. The Kier molecular flexibility index (Phi) is 3.83. The summed E-state index contributed by atoms with van der Waals surface area (Å²) in [7, 11) is 0. The molecule has 4 aliphatic rings. The van der Waals surface area contributed by atoms with Crippen molar-refractivity contribution >= 4 is 5.91 Å². The van der Waals surface area contributed by atoms with E-state index in [-0.39, 0.29) is 11.8 Å². The van der Waals surface area contributed by atoms with Crippen molar-refractivity contribution in [2.75, 3.05) is 6.54 Å². The van der Waals surface area contributed by atoms with Gasteiger partial charge in [0.15, 0.2) is 0 Å². The zero-order chi connectivity index (χ0) is 14.3. The highest BCUT2D eigenvalue weighted by atomic mass is 16.3. The summed E-state index contributed by atoms with van der Waals surface area (Å²) in [5.74, 6) is 3.52. The predicted octanol–water partition coefficient (Wildman–Crippen LogP) is 2.73. The van der Waals surface area contributed by atoms with E-state index in [9.17, 15) is 9.90 Å². The molecule has 0 spiro atoms. The molecule has 4 rings (SSSR count). The van der Waals surface area contributed by atoms with Crippen LogP contribution in [0.15, 0.2) is 0 Å². The van der Waals surface area contributed by atoms with Crippen LogP contribution < -0.4 is 5.32 Å². The first-order chi connectivity index (χ1) is 9.48. The van der Waals surface area contributed by atoms with Crippen molar-refractivity contribution in [2.24, 2.45) is 29.6 Å². The largest absolute Gasteiger partial charge is 0.388 e. The zero-order valence-corrected chi connectivity index (χ0v) is 12.9. The van der Waals surface area contributed by atoms with Gasteiger partial charge >= 0.3 is 0 Å². The fraction of sp³-hybridized carbons (Fsp3) is 0.941. The summed E-state index contributed by atoms with van der Waals surface area (Å²) in [5, 5.41) is 13.2. The molecule has 0 aromatic heterocycles. The molecule has 4 bridgehead atoms. The Labute approximate surface area is 122 Å². The Morgan fingerprint density at radius 1 is 1.15 bits per heavy atom. The summed E-state index contributed by atoms with van der Waals surface area (Å²) in [5.41, 5.74) is -0.754. The van der Waals surface area contributed by atoms with Crippen LogP contribution in [0.25, 0.3) is 0 Å².